The molecule has 2 atom stereocenters. The molecule has 0 N–H and O–H groups in total. The van der Waals surface area contributed by atoms with Crippen molar-refractivity contribution in [2.24, 2.45) is 0 Å². The van der Waals surface area contributed by atoms with Crippen molar-refractivity contribution in [1.82, 2.24) is 9.97 Å². The van der Waals surface area contributed by atoms with Gasteiger partial charge < -0.3 is 0 Å². The summed E-state index contributed by atoms with van der Waals surface area (Å²) in [4.78, 5) is 9.63. The van der Waals surface area contributed by atoms with Crippen LogP contribution in [0.15, 0.2) is 121 Å². The summed E-state index contributed by atoms with van der Waals surface area (Å²) in [7, 11) is 0. The van der Waals surface area contributed by atoms with Crippen molar-refractivity contribution in [2.75, 3.05) is 0 Å². The molecule has 2 unspecified atom stereocenters. The van der Waals surface area contributed by atoms with E-state index in [-0.39, 0.29) is 24.8 Å². The number of para-hydroxylation sites is 2. The van der Waals surface area contributed by atoms with Gasteiger partial charge in [0, 0.05) is 0 Å². The maximum Gasteiger partial charge on any atom is -0.147 e. The van der Waals surface area contributed by atoms with Crippen molar-refractivity contribution in [2.45, 2.75) is 30.4 Å². The molecule has 2 aliphatic rings. The Bertz CT molecular complexity index is 2150. The van der Waals surface area contributed by atoms with Crippen LogP contribution in [0, 0.1) is 0 Å². The first-order valence-corrected chi connectivity index (χ1v) is 29.3. The van der Waals surface area contributed by atoms with Crippen LogP contribution in [0.5, 0.6) is 0 Å². The third kappa shape index (κ3) is 4.92. The molecule has 0 aliphatic heterocycles. The van der Waals surface area contributed by atoms with Crippen LogP contribution < -0.4 is 0 Å². The molecular weight excluding hydrogens is 699 g/mol. The second-order valence-corrected chi connectivity index (χ2v) is 44.4. The van der Waals surface area contributed by atoms with E-state index in [9.17, 15) is 0 Å². The van der Waals surface area contributed by atoms with Gasteiger partial charge >= 0.3 is 264 Å². The SMILES string of the molecule is CC1=Cc2c(-c3cccc4cccnc34)cccc2[CH]1[Zr]([CH3])([CH3])(=[SiH2])[CH]1C(C)=Cc2c(-c3cccc4cccnc34)cccc21.Cl.Cl. The molecule has 0 radical (unpaired) electrons. The number of hydrogen-bond acceptors (Lipinski definition) is 2. The Morgan fingerprint density at radius 2 is 0.891 bits per heavy atom. The molecule has 0 saturated heterocycles. The number of halogens is 2. The van der Waals surface area contributed by atoms with Crippen LogP contribution in [0.2, 0.25) is 9.26 Å². The Morgan fingerprint density at radius 1 is 0.522 bits per heavy atom. The van der Waals surface area contributed by atoms with Crippen molar-refractivity contribution in [3.8, 4) is 22.3 Å². The van der Waals surface area contributed by atoms with Gasteiger partial charge in [-0.2, -0.15) is 0 Å². The Kier molecular flexibility index (Phi) is 8.43. The molecule has 46 heavy (non-hydrogen) atoms. The molecule has 0 bridgehead atoms. The van der Waals surface area contributed by atoms with Crippen molar-refractivity contribution in [3.05, 3.63) is 143 Å². The van der Waals surface area contributed by atoms with E-state index < -0.39 is 17.4 Å². The van der Waals surface area contributed by atoms with E-state index in [1.807, 2.05) is 24.5 Å². The summed E-state index contributed by atoms with van der Waals surface area (Å²) in [5.41, 5.74) is 16.0. The number of pyridine rings is 2. The molecule has 2 heterocycles. The van der Waals surface area contributed by atoms with Crippen LogP contribution >= 0.6 is 24.8 Å². The van der Waals surface area contributed by atoms with Crippen molar-refractivity contribution in [3.63, 3.8) is 0 Å². The molecule has 6 aromatic rings. The average molecular weight is 737 g/mol. The first-order chi connectivity index (χ1) is 21.2. The quantitative estimate of drug-likeness (QED) is 0.168. The monoisotopic (exact) mass is 734 g/mol. The van der Waals surface area contributed by atoms with Gasteiger partial charge in [-0.05, 0) is 0 Å². The topological polar surface area (TPSA) is 25.8 Å². The van der Waals surface area contributed by atoms with Crippen molar-refractivity contribution in [1.29, 1.82) is 0 Å². The summed E-state index contributed by atoms with van der Waals surface area (Å²) < 4.78 is 6.36. The number of fused-ring (bicyclic) bond motifs is 4. The minimum absolute atomic E-state index is 0. The summed E-state index contributed by atoms with van der Waals surface area (Å²) in [5.74, 6) is 0. The summed E-state index contributed by atoms with van der Waals surface area (Å²) in [6.45, 7) is 7.18. The van der Waals surface area contributed by atoms with E-state index in [4.69, 9.17) is 9.97 Å². The number of hydrogen-bond donors (Lipinski definition) is 0. The van der Waals surface area contributed by atoms with Crippen molar-refractivity contribution < 1.29 is 17.4 Å². The Hall–Kier alpha value is -3.14. The predicted molar refractivity (Wildman–Crippen MR) is 202 cm³/mol. The van der Waals surface area contributed by atoms with Crippen LogP contribution in [-0.2, 0) is 17.4 Å². The van der Waals surface area contributed by atoms with Gasteiger partial charge in [0.15, 0.2) is 0 Å². The normalized spacial score (nSPS) is 17.1. The summed E-state index contributed by atoms with van der Waals surface area (Å²) >= 11 is -3.66. The smallest absolute Gasteiger partial charge is 0.147 e. The Balaban J connectivity index is 0.00000186. The second-order valence-electron chi connectivity index (χ2n) is 14.0. The van der Waals surface area contributed by atoms with Gasteiger partial charge in [-0.3, -0.25) is 0 Å². The molecule has 2 aliphatic carbocycles. The van der Waals surface area contributed by atoms with E-state index in [1.54, 1.807) is 0 Å². The minimum atomic E-state index is -3.66. The average Bonchev–Trinajstić information content (AvgIpc) is 3.57. The molecule has 4 aromatic carbocycles. The first kappa shape index (κ1) is 32.8. The Labute approximate surface area is 286 Å². The van der Waals surface area contributed by atoms with E-state index in [0.29, 0.717) is 7.25 Å². The Morgan fingerprint density at radius 3 is 1.33 bits per heavy atom. The zero-order valence-corrected chi connectivity index (χ0v) is 32.1. The van der Waals surface area contributed by atoms with Gasteiger partial charge in [-0.25, -0.2) is 0 Å². The van der Waals surface area contributed by atoms with Crippen LogP contribution in [0.3, 0.4) is 0 Å². The van der Waals surface area contributed by atoms with Crippen LogP contribution in [0.25, 0.3) is 56.2 Å². The van der Waals surface area contributed by atoms with Gasteiger partial charge in [0.2, 0.25) is 0 Å². The number of benzene rings is 4. The molecule has 6 heteroatoms. The van der Waals surface area contributed by atoms with Gasteiger partial charge in [0.1, 0.15) is 0 Å². The van der Waals surface area contributed by atoms with E-state index in [1.165, 1.54) is 66.4 Å². The minimum Gasteiger partial charge on any atom is -0.147 e. The number of allylic oxidation sites excluding steroid dienone is 2. The molecule has 230 valence electrons. The molecule has 2 nitrogen and oxygen atoms in total. The molecule has 0 amide bonds. The maximum atomic E-state index is 4.82. The van der Waals surface area contributed by atoms with Crippen LogP contribution in [0.1, 0.15) is 43.4 Å². The number of rotatable bonds is 4. The molecule has 0 spiro atoms. The maximum absolute atomic E-state index is 4.82. The molecule has 0 fully saturated rings. The number of nitrogens with zero attached hydrogens (tertiary/aromatic N) is 2. The fourth-order valence-electron chi connectivity index (χ4n) is 8.90. The third-order valence-corrected chi connectivity index (χ3v) is 28.2. The van der Waals surface area contributed by atoms with Crippen LogP contribution in [-0.4, -0.2) is 16.8 Å². The van der Waals surface area contributed by atoms with E-state index >= 15 is 0 Å². The van der Waals surface area contributed by atoms with Crippen molar-refractivity contribution >= 4 is 65.7 Å². The van der Waals surface area contributed by atoms with Gasteiger partial charge in [-0.15, -0.1) is 24.8 Å². The molecule has 8 rings (SSSR count). The first-order valence-electron chi connectivity index (χ1n) is 15.6. The van der Waals surface area contributed by atoms with Gasteiger partial charge in [-0.1, -0.05) is 0 Å². The van der Waals surface area contributed by atoms with Gasteiger partial charge in [0.05, 0.1) is 0 Å². The largest absolute Gasteiger partial charge is 0.147 e. The zero-order chi connectivity index (χ0) is 30.2. The predicted octanol–water partition coefficient (Wildman–Crippen LogP) is 10.9. The van der Waals surface area contributed by atoms with E-state index in [0.717, 1.165) is 11.0 Å². The standard InChI is InChI=1S/2C19H14N.2CH3.2ClH.H2Si.Zr/c2*1-13-11-15-6-3-8-16(18(15)12-13)17-9-2-5-14-7-4-10-20-19(14)17;;;;;;/h2*2-12H,1H3;2*1H3;2*1H;1H2;. The third-order valence-electron chi connectivity index (χ3n) is 10.3. The molecular formula is C40H38Cl2N2SiZr. The number of aromatic nitrogens is 2. The summed E-state index contributed by atoms with van der Waals surface area (Å²) in [5, 5.41) is 2.37. The van der Waals surface area contributed by atoms with E-state index in [2.05, 4.69) is 127 Å². The second kappa shape index (κ2) is 11.8. The zero-order valence-electron chi connectivity index (χ0n) is 26.6. The fourth-order valence-corrected chi connectivity index (χ4v) is 30.2. The summed E-state index contributed by atoms with van der Waals surface area (Å²) in [6.07, 6.45) is 8.82. The van der Waals surface area contributed by atoms with Crippen LogP contribution in [0.4, 0.5) is 0 Å². The molecule has 0 saturated carbocycles. The summed E-state index contributed by atoms with van der Waals surface area (Å²) in [6, 6.07) is 35.5. The fraction of sp³-hybridized carbons (Fsp3) is 0.150. The van der Waals surface area contributed by atoms with Gasteiger partial charge in [0.25, 0.3) is 0 Å². The molecule has 2 aromatic heterocycles.